The minimum atomic E-state index is -3.31. The van der Waals surface area contributed by atoms with Gasteiger partial charge in [-0.15, -0.1) is 0 Å². The molecule has 8 nitrogen and oxygen atoms in total. The predicted molar refractivity (Wildman–Crippen MR) is 109 cm³/mol. The average Bonchev–Trinajstić information content (AvgIpc) is 3.08. The maximum atomic E-state index is 13.2. The maximum Gasteiger partial charge on any atom is 0.325 e. The van der Waals surface area contributed by atoms with Crippen LogP contribution in [0.1, 0.15) is 11.1 Å². The van der Waals surface area contributed by atoms with E-state index in [9.17, 15) is 23.3 Å². The molecular weight excluding hydrogens is 418 g/mol. The fraction of sp³-hybridized carbons (Fsp3) is 0.316. The van der Waals surface area contributed by atoms with E-state index >= 15 is 0 Å². The van der Waals surface area contributed by atoms with Gasteiger partial charge in [-0.25, -0.2) is 13.2 Å². The van der Waals surface area contributed by atoms with E-state index in [-0.39, 0.29) is 29.8 Å². The van der Waals surface area contributed by atoms with E-state index in [1.165, 1.54) is 21.9 Å². The molecule has 152 valence electrons. The van der Waals surface area contributed by atoms with Crippen molar-refractivity contribution in [2.45, 2.75) is 25.6 Å². The number of nitro groups is 1. The fourth-order valence-corrected chi connectivity index (χ4v) is 6.09. The lowest BCUT2D eigenvalue weighted by Crippen LogP contribution is -2.37. The molecule has 4 rings (SSSR count). The normalized spacial score (nSPS) is 22.8. The molecule has 0 aromatic heterocycles. The van der Waals surface area contributed by atoms with Crippen LogP contribution in [-0.2, 0) is 16.4 Å². The van der Waals surface area contributed by atoms with Gasteiger partial charge in [0.1, 0.15) is 0 Å². The molecule has 0 spiro atoms. The number of hydrogen-bond donors (Lipinski definition) is 0. The molecule has 0 unspecified atom stereocenters. The maximum absolute atomic E-state index is 13.2. The largest absolute Gasteiger partial charge is 0.325 e. The van der Waals surface area contributed by atoms with E-state index in [1.54, 1.807) is 30.3 Å². The zero-order valence-electron chi connectivity index (χ0n) is 15.5. The summed E-state index contributed by atoms with van der Waals surface area (Å²) < 4.78 is 24.6. The van der Waals surface area contributed by atoms with Crippen LogP contribution in [0.15, 0.2) is 42.5 Å². The van der Waals surface area contributed by atoms with Crippen LogP contribution in [0.5, 0.6) is 0 Å². The average molecular weight is 436 g/mol. The van der Waals surface area contributed by atoms with Crippen LogP contribution in [0, 0.1) is 17.0 Å². The molecule has 10 heteroatoms. The summed E-state index contributed by atoms with van der Waals surface area (Å²) in [4.78, 5) is 26.7. The second-order valence-electron chi connectivity index (χ2n) is 7.35. The second kappa shape index (κ2) is 7.00. The highest BCUT2D eigenvalue weighted by Gasteiger charge is 2.53. The summed E-state index contributed by atoms with van der Waals surface area (Å²) in [5.41, 5.74) is 1.89. The Bertz CT molecular complexity index is 1120. The zero-order valence-corrected chi connectivity index (χ0v) is 17.1. The number of nitrogens with zero attached hydrogens (tertiary/aromatic N) is 3. The molecule has 0 aliphatic carbocycles. The smallest absolute Gasteiger partial charge is 0.314 e. The quantitative estimate of drug-likeness (QED) is 0.417. The van der Waals surface area contributed by atoms with Gasteiger partial charge in [0, 0.05) is 29.4 Å². The number of amides is 2. The molecule has 0 N–H and O–H groups in total. The predicted octanol–water partition coefficient (Wildman–Crippen LogP) is 3.16. The van der Waals surface area contributed by atoms with Crippen LogP contribution >= 0.6 is 11.6 Å². The Morgan fingerprint density at radius 2 is 1.90 bits per heavy atom. The second-order valence-corrected chi connectivity index (χ2v) is 9.91. The van der Waals surface area contributed by atoms with Crippen molar-refractivity contribution < 1.29 is 18.1 Å². The third-order valence-corrected chi connectivity index (χ3v) is 7.49. The third kappa shape index (κ3) is 3.56. The summed E-state index contributed by atoms with van der Waals surface area (Å²) in [5.74, 6) is -0.255. The summed E-state index contributed by atoms with van der Waals surface area (Å²) in [6, 6.07) is 9.82. The highest BCUT2D eigenvalue weighted by molar-refractivity contribution is 7.91. The lowest BCUT2D eigenvalue weighted by molar-refractivity contribution is -0.384. The number of anilines is 1. The molecule has 2 fully saturated rings. The first-order valence-corrected chi connectivity index (χ1v) is 11.2. The van der Waals surface area contributed by atoms with E-state index in [1.807, 2.05) is 6.92 Å². The number of sulfone groups is 1. The van der Waals surface area contributed by atoms with Crippen molar-refractivity contribution >= 4 is 38.8 Å². The molecule has 2 atom stereocenters. The summed E-state index contributed by atoms with van der Waals surface area (Å²) in [5, 5.41) is 11.5. The molecule has 2 heterocycles. The van der Waals surface area contributed by atoms with Crippen molar-refractivity contribution in [1.29, 1.82) is 0 Å². The van der Waals surface area contributed by atoms with Crippen molar-refractivity contribution in [1.82, 2.24) is 4.90 Å². The van der Waals surface area contributed by atoms with Gasteiger partial charge in [-0.05, 0) is 30.2 Å². The number of carbonyl (C=O) groups is 1. The number of aryl methyl sites for hydroxylation is 1. The summed E-state index contributed by atoms with van der Waals surface area (Å²) in [7, 11) is -3.31. The van der Waals surface area contributed by atoms with Crippen LogP contribution in [0.4, 0.5) is 16.2 Å². The van der Waals surface area contributed by atoms with Crippen LogP contribution in [0.25, 0.3) is 0 Å². The molecule has 2 aliphatic heterocycles. The van der Waals surface area contributed by atoms with E-state index in [0.717, 1.165) is 5.56 Å². The number of benzene rings is 2. The van der Waals surface area contributed by atoms with Gasteiger partial charge in [0.15, 0.2) is 9.84 Å². The molecule has 29 heavy (non-hydrogen) atoms. The number of non-ortho nitro benzene ring substituents is 1. The fourth-order valence-electron chi connectivity index (χ4n) is 3.96. The standard InChI is InChI=1S/C19H18ClN3O5S/c1-12-5-6-14(8-16(12)20)22-18-11-29(27,28)10-17(18)21(19(22)24)9-13-3-2-4-15(7-13)23(25)26/h2-8,17-18H,9-11H2,1H3/t17-,18+/m0/s1. The summed E-state index contributed by atoms with van der Waals surface area (Å²) in [6.45, 7) is 1.93. The summed E-state index contributed by atoms with van der Waals surface area (Å²) >= 11 is 6.22. The minimum absolute atomic E-state index is 0.0769. The Morgan fingerprint density at radius 3 is 2.59 bits per heavy atom. The van der Waals surface area contributed by atoms with E-state index < -0.39 is 26.8 Å². The summed E-state index contributed by atoms with van der Waals surface area (Å²) in [6.07, 6.45) is 0. The Hall–Kier alpha value is -2.65. The zero-order chi connectivity index (χ0) is 20.9. The van der Waals surface area contributed by atoms with Crippen molar-refractivity contribution in [3.8, 4) is 0 Å². The number of rotatable bonds is 4. The number of nitro benzene ring substituents is 1. The first kappa shape index (κ1) is 19.7. The molecule has 2 amide bonds. The van der Waals surface area contributed by atoms with Gasteiger partial charge in [-0.3, -0.25) is 15.0 Å². The monoisotopic (exact) mass is 435 g/mol. The van der Waals surface area contributed by atoms with Crippen molar-refractivity contribution in [3.05, 3.63) is 68.7 Å². The number of hydrogen-bond acceptors (Lipinski definition) is 5. The van der Waals surface area contributed by atoms with Crippen LogP contribution in [-0.4, -0.2) is 47.9 Å². The van der Waals surface area contributed by atoms with Gasteiger partial charge in [0.05, 0.1) is 28.5 Å². The molecule has 2 aromatic carbocycles. The lowest BCUT2D eigenvalue weighted by atomic mass is 10.1. The van der Waals surface area contributed by atoms with Gasteiger partial charge in [-0.1, -0.05) is 29.8 Å². The Morgan fingerprint density at radius 1 is 1.17 bits per heavy atom. The van der Waals surface area contributed by atoms with Crippen LogP contribution in [0.3, 0.4) is 0 Å². The van der Waals surface area contributed by atoms with Crippen molar-refractivity contribution in [2.24, 2.45) is 0 Å². The van der Waals surface area contributed by atoms with E-state index in [0.29, 0.717) is 16.3 Å². The van der Waals surface area contributed by atoms with E-state index in [2.05, 4.69) is 0 Å². The highest BCUT2D eigenvalue weighted by atomic mass is 35.5. The third-order valence-electron chi connectivity index (χ3n) is 5.39. The molecule has 2 aliphatic rings. The Kier molecular flexibility index (Phi) is 4.74. The van der Waals surface area contributed by atoms with E-state index in [4.69, 9.17) is 11.6 Å². The van der Waals surface area contributed by atoms with Crippen LogP contribution in [0.2, 0.25) is 5.02 Å². The number of carbonyl (C=O) groups excluding carboxylic acids is 1. The SMILES string of the molecule is Cc1ccc(N2C(=O)N(Cc3cccc([N+](=O)[O-])c3)[C@H]3CS(=O)(=O)C[C@H]32)cc1Cl. The lowest BCUT2D eigenvalue weighted by Gasteiger charge is -2.23. The van der Waals surface area contributed by atoms with Gasteiger partial charge < -0.3 is 4.90 Å². The van der Waals surface area contributed by atoms with Crippen molar-refractivity contribution in [3.63, 3.8) is 0 Å². The van der Waals surface area contributed by atoms with Crippen LogP contribution < -0.4 is 4.90 Å². The Balaban J connectivity index is 1.71. The Labute approximate surface area is 172 Å². The van der Waals surface area contributed by atoms with Gasteiger partial charge in [0.2, 0.25) is 0 Å². The minimum Gasteiger partial charge on any atom is -0.314 e. The van der Waals surface area contributed by atoms with Crippen molar-refractivity contribution in [2.75, 3.05) is 16.4 Å². The molecule has 2 saturated heterocycles. The number of halogens is 1. The molecule has 0 bridgehead atoms. The number of fused-ring (bicyclic) bond motifs is 1. The molecular formula is C19H18ClN3O5S. The first-order valence-electron chi connectivity index (χ1n) is 8.96. The van der Waals surface area contributed by atoms with Gasteiger partial charge >= 0.3 is 6.03 Å². The molecule has 2 aromatic rings. The highest BCUT2D eigenvalue weighted by Crippen LogP contribution is 2.37. The molecule has 0 radical (unpaired) electrons. The van der Waals surface area contributed by atoms with Gasteiger partial charge in [-0.2, -0.15) is 0 Å². The topological polar surface area (TPSA) is 101 Å². The molecule has 0 saturated carbocycles. The first-order chi connectivity index (χ1) is 13.7. The van der Waals surface area contributed by atoms with Gasteiger partial charge in [0.25, 0.3) is 5.69 Å². The number of urea groups is 1.